The lowest BCUT2D eigenvalue weighted by Crippen LogP contribution is -2.41. The van der Waals surface area contributed by atoms with E-state index in [2.05, 4.69) is 10.1 Å². The quantitative estimate of drug-likeness (QED) is 0.865. The van der Waals surface area contributed by atoms with Crippen LogP contribution in [0.25, 0.3) is 0 Å². The first kappa shape index (κ1) is 19.1. The van der Waals surface area contributed by atoms with E-state index in [1.165, 1.54) is 4.68 Å². The Bertz CT molecular complexity index is 961. The first-order valence-corrected chi connectivity index (χ1v) is 9.44. The monoisotopic (exact) mass is 373 g/mol. The molecule has 27 heavy (non-hydrogen) atoms. The number of aromatic nitrogens is 4. The van der Waals surface area contributed by atoms with E-state index >= 15 is 0 Å². The minimum absolute atomic E-state index is 0.0887. The molecule has 3 heterocycles. The van der Waals surface area contributed by atoms with Crippen LogP contribution in [0.4, 0.5) is 0 Å². The molecule has 8 heteroatoms. The van der Waals surface area contributed by atoms with E-state index in [0.29, 0.717) is 31.1 Å². The number of hydrogen-bond acceptors (Lipinski definition) is 4. The molecule has 0 radical (unpaired) electrons. The average Bonchev–Trinajstić information content (AvgIpc) is 2.87. The highest BCUT2D eigenvalue weighted by molar-refractivity contribution is 5.95. The highest BCUT2D eigenvalue weighted by atomic mass is 16.2. The van der Waals surface area contributed by atoms with E-state index in [0.717, 1.165) is 30.8 Å². The van der Waals surface area contributed by atoms with Gasteiger partial charge in [-0.05, 0) is 51.2 Å². The van der Waals surface area contributed by atoms with E-state index < -0.39 is 0 Å². The van der Waals surface area contributed by atoms with E-state index in [9.17, 15) is 14.4 Å². The molecule has 0 bridgehead atoms. The number of hydrogen-bond donors (Lipinski definition) is 1. The number of piperidine rings is 1. The molecule has 2 aromatic heterocycles. The number of carbonyl (C=O) groups excluding carboxylic acids is 1. The number of aromatic amines is 1. The Labute approximate surface area is 157 Å². The fraction of sp³-hybridized carbons (Fsp3) is 0.579. The predicted molar refractivity (Wildman–Crippen MR) is 102 cm³/mol. The average molecular weight is 373 g/mol. The summed E-state index contributed by atoms with van der Waals surface area (Å²) in [5.74, 6) is 0.981. The maximum absolute atomic E-state index is 12.8. The summed E-state index contributed by atoms with van der Waals surface area (Å²) in [5, 5.41) is 4.35. The van der Waals surface area contributed by atoms with E-state index in [1.807, 2.05) is 19.9 Å². The molecule has 3 rings (SSSR count). The van der Waals surface area contributed by atoms with Crippen molar-refractivity contribution in [2.75, 3.05) is 13.1 Å². The highest BCUT2D eigenvalue weighted by Gasteiger charge is 2.27. The van der Waals surface area contributed by atoms with Crippen LogP contribution in [0.1, 0.15) is 47.2 Å². The van der Waals surface area contributed by atoms with Gasteiger partial charge in [0.1, 0.15) is 11.4 Å². The van der Waals surface area contributed by atoms with Crippen molar-refractivity contribution in [2.45, 2.75) is 46.6 Å². The summed E-state index contributed by atoms with van der Waals surface area (Å²) in [6.07, 6.45) is 2.40. The third kappa shape index (κ3) is 3.74. The molecule has 0 unspecified atom stereocenters. The van der Waals surface area contributed by atoms with Gasteiger partial charge in [-0.2, -0.15) is 5.10 Å². The van der Waals surface area contributed by atoms with Crippen LogP contribution in [0.15, 0.2) is 15.7 Å². The SMILES string of the molecule is CCn1c(CC2CCN(C(=O)c3c(C)cc(C)[nH]c3=O)CC2)nn(C)c1=O. The summed E-state index contributed by atoms with van der Waals surface area (Å²) in [6, 6.07) is 1.83. The number of nitrogens with one attached hydrogen (secondary N) is 1. The van der Waals surface area contributed by atoms with E-state index in [4.69, 9.17) is 0 Å². The van der Waals surface area contributed by atoms with Crippen molar-refractivity contribution in [1.82, 2.24) is 24.2 Å². The van der Waals surface area contributed by atoms with Crippen LogP contribution in [0.2, 0.25) is 0 Å². The summed E-state index contributed by atoms with van der Waals surface area (Å²) < 4.78 is 3.08. The molecular weight excluding hydrogens is 346 g/mol. The molecule has 2 aromatic rings. The molecule has 0 saturated carbocycles. The summed E-state index contributed by atoms with van der Waals surface area (Å²) in [5.41, 5.74) is 1.30. The molecule has 1 fully saturated rings. The maximum atomic E-state index is 12.8. The van der Waals surface area contributed by atoms with Crippen molar-refractivity contribution in [3.63, 3.8) is 0 Å². The van der Waals surface area contributed by atoms with Gasteiger partial charge in [-0.25, -0.2) is 9.48 Å². The largest absolute Gasteiger partial charge is 0.345 e. The second-order valence-electron chi connectivity index (χ2n) is 7.35. The molecule has 8 nitrogen and oxygen atoms in total. The van der Waals surface area contributed by atoms with Crippen LogP contribution in [0.3, 0.4) is 0 Å². The Hall–Kier alpha value is -2.64. The minimum atomic E-state index is -0.319. The van der Waals surface area contributed by atoms with Crippen molar-refractivity contribution >= 4 is 5.91 Å². The number of pyridine rings is 1. The lowest BCUT2D eigenvalue weighted by Gasteiger charge is -2.32. The molecule has 0 spiro atoms. The third-order valence-electron chi connectivity index (χ3n) is 5.35. The molecule has 146 valence electrons. The van der Waals surface area contributed by atoms with Crippen LogP contribution in [0, 0.1) is 19.8 Å². The third-order valence-corrected chi connectivity index (χ3v) is 5.35. The fourth-order valence-electron chi connectivity index (χ4n) is 3.90. The Morgan fingerprint density at radius 2 is 1.93 bits per heavy atom. The first-order chi connectivity index (χ1) is 12.8. The number of H-pyrrole nitrogens is 1. The van der Waals surface area contributed by atoms with Gasteiger partial charge in [0.05, 0.1) is 0 Å². The standard InChI is InChI=1S/C19H27N5O3/c1-5-24-15(21-22(4)19(24)27)11-14-6-8-23(9-7-14)18(26)16-12(2)10-13(3)20-17(16)25/h10,14H,5-9,11H2,1-4H3,(H,20,25). The van der Waals surface area contributed by atoms with Crippen molar-refractivity contribution in [3.05, 3.63) is 49.5 Å². The molecule has 0 aliphatic carbocycles. The molecule has 1 aliphatic rings. The number of likely N-dealkylation sites (tertiary alicyclic amines) is 1. The van der Waals surface area contributed by atoms with Gasteiger partial charge in [0.15, 0.2) is 0 Å². The van der Waals surface area contributed by atoms with Crippen molar-refractivity contribution in [1.29, 1.82) is 0 Å². The molecule has 0 atom stereocenters. The van der Waals surface area contributed by atoms with Gasteiger partial charge in [0, 0.05) is 38.8 Å². The van der Waals surface area contributed by atoms with E-state index in [1.54, 1.807) is 23.4 Å². The molecule has 1 aliphatic heterocycles. The minimum Gasteiger partial charge on any atom is -0.338 e. The second kappa shape index (κ2) is 7.54. The summed E-state index contributed by atoms with van der Waals surface area (Å²) in [4.78, 5) is 41.5. The topological polar surface area (TPSA) is 93.0 Å². The normalized spacial score (nSPS) is 15.3. The second-order valence-corrected chi connectivity index (χ2v) is 7.35. The van der Waals surface area contributed by atoms with Gasteiger partial charge in [0.25, 0.3) is 11.5 Å². The van der Waals surface area contributed by atoms with Crippen LogP contribution in [-0.2, 0) is 20.0 Å². The molecule has 1 saturated heterocycles. The number of rotatable bonds is 4. The van der Waals surface area contributed by atoms with Gasteiger partial charge < -0.3 is 9.88 Å². The Morgan fingerprint density at radius 3 is 2.52 bits per heavy atom. The highest BCUT2D eigenvalue weighted by Crippen LogP contribution is 2.22. The molecule has 1 amide bonds. The van der Waals surface area contributed by atoms with Crippen LogP contribution >= 0.6 is 0 Å². The zero-order valence-corrected chi connectivity index (χ0v) is 16.4. The smallest absolute Gasteiger partial charge is 0.338 e. The molecule has 0 aromatic carbocycles. The van der Waals surface area contributed by atoms with Crippen molar-refractivity contribution < 1.29 is 4.79 Å². The van der Waals surface area contributed by atoms with Crippen LogP contribution < -0.4 is 11.2 Å². The summed E-state index contributed by atoms with van der Waals surface area (Å²) in [7, 11) is 1.67. The van der Waals surface area contributed by atoms with Gasteiger partial charge in [-0.1, -0.05) is 0 Å². The molecular formula is C19H27N5O3. The summed E-state index contributed by atoms with van der Waals surface area (Å²) >= 11 is 0. The Morgan fingerprint density at radius 1 is 1.26 bits per heavy atom. The molecule has 1 N–H and O–H groups in total. The Kier molecular flexibility index (Phi) is 5.34. The van der Waals surface area contributed by atoms with Gasteiger partial charge in [-0.3, -0.25) is 14.2 Å². The zero-order valence-electron chi connectivity index (χ0n) is 16.4. The van der Waals surface area contributed by atoms with Gasteiger partial charge in [0.2, 0.25) is 0 Å². The van der Waals surface area contributed by atoms with Crippen LogP contribution in [-0.4, -0.2) is 43.2 Å². The number of amides is 1. The number of nitrogens with zero attached hydrogens (tertiary/aromatic N) is 4. The number of carbonyl (C=O) groups is 1. The maximum Gasteiger partial charge on any atom is 0.345 e. The van der Waals surface area contributed by atoms with Crippen molar-refractivity contribution in [2.24, 2.45) is 13.0 Å². The lowest BCUT2D eigenvalue weighted by atomic mass is 9.92. The van der Waals surface area contributed by atoms with E-state index in [-0.39, 0.29) is 22.7 Å². The van der Waals surface area contributed by atoms with Crippen LogP contribution in [0.5, 0.6) is 0 Å². The Balaban J connectivity index is 1.67. The van der Waals surface area contributed by atoms with Gasteiger partial charge >= 0.3 is 5.69 Å². The van der Waals surface area contributed by atoms with Gasteiger partial charge in [-0.15, -0.1) is 0 Å². The first-order valence-electron chi connectivity index (χ1n) is 9.44. The summed E-state index contributed by atoms with van der Waals surface area (Å²) in [6.45, 7) is 7.37. The predicted octanol–water partition coefficient (Wildman–Crippen LogP) is 1.00. The zero-order chi connectivity index (χ0) is 19.7. The number of aryl methyl sites for hydroxylation is 3. The lowest BCUT2D eigenvalue weighted by molar-refractivity contribution is 0.0687. The van der Waals surface area contributed by atoms with Crippen molar-refractivity contribution in [3.8, 4) is 0 Å². The fourth-order valence-corrected chi connectivity index (χ4v) is 3.90.